The van der Waals surface area contributed by atoms with Crippen LogP contribution in [-0.4, -0.2) is 28.0 Å². The van der Waals surface area contributed by atoms with E-state index in [-0.39, 0.29) is 23.6 Å². The summed E-state index contributed by atoms with van der Waals surface area (Å²) in [5, 5.41) is 12.8. The first-order chi connectivity index (χ1) is 12.5. The van der Waals surface area contributed by atoms with Crippen molar-refractivity contribution in [2.75, 3.05) is 6.61 Å². The number of rotatable bonds is 5. The summed E-state index contributed by atoms with van der Waals surface area (Å²) in [7, 11) is 0. The van der Waals surface area contributed by atoms with Crippen LogP contribution in [0, 0.1) is 10.1 Å². The van der Waals surface area contributed by atoms with Gasteiger partial charge in [0.25, 0.3) is 11.6 Å². The number of non-ortho nitro benzene ring substituents is 1. The Kier molecular flexibility index (Phi) is 5.24. The second-order valence-corrected chi connectivity index (χ2v) is 7.04. The number of nitrogens with zero attached hydrogens (tertiary/aromatic N) is 3. The van der Waals surface area contributed by atoms with Gasteiger partial charge in [0.05, 0.1) is 26.6 Å². The second-order valence-electron chi connectivity index (χ2n) is 5.08. The third kappa shape index (κ3) is 3.70. The van der Waals surface area contributed by atoms with Crippen molar-refractivity contribution in [1.29, 1.82) is 0 Å². The summed E-state index contributed by atoms with van der Waals surface area (Å²) in [4.78, 5) is 39.6. The van der Waals surface area contributed by atoms with E-state index in [0.29, 0.717) is 15.1 Å². The summed E-state index contributed by atoms with van der Waals surface area (Å²) < 4.78 is 7.06. The quantitative estimate of drug-likeness (QED) is 0.378. The molecule has 0 atom stereocenters. The highest BCUT2D eigenvalue weighted by atomic mass is 32.1. The Hall–Kier alpha value is -2.85. The molecule has 2 aromatic heterocycles. The first-order valence-corrected chi connectivity index (χ1v) is 9.25. The number of fused-ring (bicyclic) bond motifs is 1. The highest BCUT2D eigenvalue weighted by Gasteiger charge is 2.16. The molecule has 3 rings (SSSR count). The fourth-order valence-corrected chi connectivity index (χ4v) is 3.96. The van der Waals surface area contributed by atoms with Gasteiger partial charge >= 0.3 is 5.97 Å². The van der Waals surface area contributed by atoms with Gasteiger partial charge in [-0.1, -0.05) is 17.4 Å². The molecule has 0 N–H and O–H groups in total. The van der Waals surface area contributed by atoms with Gasteiger partial charge in [-0.05, 0) is 24.4 Å². The zero-order valence-electron chi connectivity index (χ0n) is 13.6. The molecule has 0 fully saturated rings. The smallest absolute Gasteiger partial charge is 0.326 e. The van der Waals surface area contributed by atoms with E-state index in [1.807, 2.05) is 0 Å². The average molecular weight is 391 g/mol. The predicted molar refractivity (Wildman–Crippen MR) is 97.3 cm³/mol. The molecule has 1 aromatic carbocycles. The number of carbonyl (C=O) groups is 2. The number of nitro groups is 1. The lowest BCUT2D eigenvalue weighted by molar-refractivity contribution is -0.384. The van der Waals surface area contributed by atoms with Crippen LogP contribution >= 0.6 is 22.7 Å². The van der Waals surface area contributed by atoms with Gasteiger partial charge in [-0.3, -0.25) is 19.7 Å². The van der Waals surface area contributed by atoms with Crippen molar-refractivity contribution >= 4 is 50.5 Å². The molecule has 2 heterocycles. The third-order valence-corrected chi connectivity index (χ3v) is 5.30. The summed E-state index contributed by atoms with van der Waals surface area (Å²) in [6.07, 6.45) is 0. The monoisotopic (exact) mass is 391 g/mol. The highest BCUT2D eigenvalue weighted by molar-refractivity contribution is 7.16. The fraction of sp³-hybridized carbons (Fsp3) is 0.188. The van der Waals surface area contributed by atoms with E-state index in [9.17, 15) is 19.7 Å². The van der Waals surface area contributed by atoms with Crippen LogP contribution in [0.2, 0.25) is 0 Å². The summed E-state index contributed by atoms with van der Waals surface area (Å²) in [6, 6.07) is 7.69. The van der Waals surface area contributed by atoms with Gasteiger partial charge in [-0.25, -0.2) is 0 Å². The average Bonchev–Trinajstić information content (AvgIpc) is 3.23. The zero-order valence-corrected chi connectivity index (χ0v) is 15.2. The molecule has 0 aliphatic carbocycles. The molecule has 0 aliphatic rings. The lowest BCUT2D eigenvalue weighted by Crippen LogP contribution is -2.23. The summed E-state index contributed by atoms with van der Waals surface area (Å²) in [5.41, 5.74) is 0.504. The van der Waals surface area contributed by atoms with E-state index in [0.717, 1.165) is 11.3 Å². The first-order valence-electron chi connectivity index (χ1n) is 7.55. The molecule has 3 aromatic rings. The minimum atomic E-state index is -0.498. The number of benzene rings is 1. The number of thiophene rings is 1. The number of amides is 1. The van der Waals surface area contributed by atoms with E-state index < -0.39 is 16.8 Å². The van der Waals surface area contributed by atoms with Crippen LogP contribution in [0.4, 0.5) is 5.69 Å². The maximum absolute atomic E-state index is 12.3. The largest absolute Gasteiger partial charge is 0.465 e. The number of aromatic nitrogens is 1. The van der Waals surface area contributed by atoms with Crippen LogP contribution in [0.3, 0.4) is 0 Å². The molecular formula is C16H13N3O5S2. The second kappa shape index (κ2) is 7.58. The fourth-order valence-electron chi connectivity index (χ4n) is 2.29. The molecule has 0 aliphatic heterocycles. The number of carbonyl (C=O) groups excluding carboxylic acids is 2. The molecule has 8 nitrogen and oxygen atoms in total. The molecule has 0 spiro atoms. The van der Waals surface area contributed by atoms with Crippen molar-refractivity contribution in [2.24, 2.45) is 4.99 Å². The van der Waals surface area contributed by atoms with E-state index in [1.165, 1.54) is 34.1 Å². The van der Waals surface area contributed by atoms with Crippen molar-refractivity contribution in [3.05, 3.63) is 55.5 Å². The number of hydrogen-bond donors (Lipinski definition) is 0. The lowest BCUT2D eigenvalue weighted by atomic mass is 10.3. The van der Waals surface area contributed by atoms with E-state index in [1.54, 1.807) is 24.4 Å². The standard InChI is InChI=1S/C16H13N3O5S2/c1-2-24-14(20)9-18-11-6-5-10(19(22)23)8-13(11)26-16(18)17-15(21)12-4-3-7-25-12/h3-8H,2,9H2,1H3. The SMILES string of the molecule is CCOC(=O)Cn1c(=NC(=O)c2cccs2)sc2cc([N+](=O)[O-])ccc21. The topological polar surface area (TPSA) is 104 Å². The van der Waals surface area contributed by atoms with Crippen molar-refractivity contribution < 1.29 is 19.2 Å². The van der Waals surface area contributed by atoms with Crippen LogP contribution in [0.5, 0.6) is 0 Å². The molecule has 0 unspecified atom stereocenters. The maximum Gasteiger partial charge on any atom is 0.326 e. The van der Waals surface area contributed by atoms with E-state index in [4.69, 9.17) is 4.74 Å². The molecular weight excluding hydrogens is 378 g/mol. The van der Waals surface area contributed by atoms with Gasteiger partial charge in [0, 0.05) is 12.1 Å². The summed E-state index contributed by atoms with van der Waals surface area (Å²) in [6.45, 7) is 1.79. The van der Waals surface area contributed by atoms with Crippen molar-refractivity contribution in [3.63, 3.8) is 0 Å². The number of thiazole rings is 1. The minimum Gasteiger partial charge on any atom is -0.465 e. The van der Waals surface area contributed by atoms with Gasteiger partial charge in [-0.2, -0.15) is 4.99 Å². The molecule has 134 valence electrons. The van der Waals surface area contributed by atoms with Gasteiger partial charge in [-0.15, -0.1) is 11.3 Å². The van der Waals surface area contributed by atoms with Crippen LogP contribution in [0.25, 0.3) is 10.2 Å². The zero-order chi connectivity index (χ0) is 18.7. The molecule has 1 amide bonds. The Morgan fingerprint density at radius 2 is 2.15 bits per heavy atom. The predicted octanol–water partition coefficient (Wildman–Crippen LogP) is 2.98. The molecule has 26 heavy (non-hydrogen) atoms. The number of esters is 1. The molecule has 0 saturated heterocycles. The Labute approximate surface area is 155 Å². The molecule has 0 bridgehead atoms. The summed E-state index contributed by atoms with van der Waals surface area (Å²) in [5.74, 6) is -0.908. The Morgan fingerprint density at radius 1 is 1.35 bits per heavy atom. The van der Waals surface area contributed by atoms with Crippen molar-refractivity contribution in [1.82, 2.24) is 4.57 Å². The van der Waals surface area contributed by atoms with Crippen molar-refractivity contribution in [2.45, 2.75) is 13.5 Å². The molecule has 10 heteroatoms. The number of nitro benzene ring substituents is 1. The molecule has 0 saturated carbocycles. The third-order valence-electron chi connectivity index (χ3n) is 3.40. The Bertz CT molecular complexity index is 1050. The number of ether oxygens (including phenoxy) is 1. The Morgan fingerprint density at radius 3 is 2.81 bits per heavy atom. The van der Waals surface area contributed by atoms with Crippen LogP contribution in [-0.2, 0) is 16.1 Å². The van der Waals surface area contributed by atoms with Gasteiger partial charge in [0.15, 0.2) is 4.80 Å². The van der Waals surface area contributed by atoms with E-state index in [2.05, 4.69) is 4.99 Å². The van der Waals surface area contributed by atoms with Crippen molar-refractivity contribution in [3.8, 4) is 0 Å². The van der Waals surface area contributed by atoms with E-state index >= 15 is 0 Å². The van der Waals surface area contributed by atoms with Gasteiger partial charge < -0.3 is 9.30 Å². The maximum atomic E-state index is 12.3. The van der Waals surface area contributed by atoms with Crippen LogP contribution < -0.4 is 4.80 Å². The van der Waals surface area contributed by atoms with Gasteiger partial charge in [0.2, 0.25) is 0 Å². The normalized spacial score (nSPS) is 11.7. The lowest BCUT2D eigenvalue weighted by Gasteiger charge is -2.04. The Balaban J connectivity index is 2.14. The highest BCUT2D eigenvalue weighted by Crippen LogP contribution is 2.23. The van der Waals surface area contributed by atoms with Crippen LogP contribution in [0.1, 0.15) is 16.6 Å². The van der Waals surface area contributed by atoms with Gasteiger partial charge in [0.1, 0.15) is 6.54 Å². The molecule has 0 radical (unpaired) electrons. The number of hydrogen-bond acceptors (Lipinski definition) is 7. The minimum absolute atomic E-state index is 0.0711. The van der Waals surface area contributed by atoms with Crippen LogP contribution in [0.15, 0.2) is 40.7 Å². The summed E-state index contributed by atoms with van der Waals surface area (Å²) >= 11 is 2.37. The first kappa shape index (κ1) is 18.0.